The summed E-state index contributed by atoms with van der Waals surface area (Å²) in [5.41, 5.74) is 0. The molecular formula is C14H28N2. The van der Waals surface area contributed by atoms with Gasteiger partial charge in [-0.3, -0.25) is 9.89 Å². The van der Waals surface area contributed by atoms with Gasteiger partial charge in [0.15, 0.2) is 0 Å². The topological polar surface area (TPSA) is 15.6 Å². The van der Waals surface area contributed by atoms with Gasteiger partial charge in [0.05, 0.1) is 6.67 Å². The number of piperidine rings is 1. The van der Waals surface area contributed by atoms with Crippen LogP contribution < -0.4 is 0 Å². The molecule has 0 amide bonds. The van der Waals surface area contributed by atoms with Crippen molar-refractivity contribution in [3.63, 3.8) is 0 Å². The van der Waals surface area contributed by atoms with Crippen LogP contribution in [-0.4, -0.2) is 30.9 Å². The molecule has 1 fully saturated rings. The zero-order valence-electron chi connectivity index (χ0n) is 11.4. The lowest BCUT2D eigenvalue weighted by atomic mass is 9.95. The van der Waals surface area contributed by atoms with Gasteiger partial charge in [0.2, 0.25) is 0 Å². The third-order valence-corrected chi connectivity index (χ3v) is 3.96. The largest absolute Gasteiger partial charge is 0.284 e. The molecule has 2 heteroatoms. The summed E-state index contributed by atoms with van der Waals surface area (Å²) in [5, 5.41) is 0. The maximum absolute atomic E-state index is 4.57. The van der Waals surface area contributed by atoms with E-state index in [1.165, 1.54) is 32.4 Å². The van der Waals surface area contributed by atoms with Crippen molar-refractivity contribution in [1.29, 1.82) is 0 Å². The second-order valence-electron chi connectivity index (χ2n) is 5.55. The fourth-order valence-electron chi connectivity index (χ4n) is 2.04. The Hall–Kier alpha value is -0.370. The molecule has 1 aliphatic rings. The Labute approximate surface area is 101 Å². The third kappa shape index (κ3) is 4.65. The van der Waals surface area contributed by atoms with E-state index in [4.69, 9.17) is 0 Å². The van der Waals surface area contributed by atoms with Crippen LogP contribution in [0.2, 0.25) is 0 Å². The highest BCUT2D eigenvalue weighted by atomic mass is 15.2. The van der Waals surface area contributed by atoms with E-state index in [2.05, 4.69) is 43.8 Å². The highest BCUT2D eigenvalue weighted by molar-refractivity contribution is 5.60. The molecule has 1 atom stereocenters. The van der Waals surface area contributed by atoms with Gasteiger partial charge >= 0.3 is 0 Å². The monoisotopic (exact) mass is 224 g/mol. The van der Waals surface area contributed by atoms with Crippen molar-refractivity contribution in [3.8, 4) is 0 Å². The number of aliphatic imine (C=N–C) groups is 1. The van der Waals surface area contributed by atoms with Crippen LogP contribution in [0.4, 0.5) is 0 Å². The predicted molar refractivity (Wildman–Crippen MR) is 71.9 cm³/mol. The molecule has 0 aromatic carbocycles. The fraction of sp³-hybridized carbons (Fsp3) is 0.929. The quantitative estimate of drug-likeness (QED) is 0.653. The van der Waals surface area contributed by atoms with E-state index < -0.39 is 0 Å². The van der Waals surface area contributed by atoms with Gasteiger partial charge in [0, 0.05) is 19.3 Å². The molecule has 1 unspecified atom stereocenters. The van der Waals surface area contributed by atoms with E-state index in [0.717, 1.165) is 12.6 Å². The van der Waals surface area contributed by atoms with Crippen LogP contribution in [0.25, 0.3) is 0 Å². The van der Waals surface area contributed by atoms with Gasteiger partial charge in [0.1, 0.15) is 0 Å². The van der Waals surface area contributed by atoms with E-state index in [9.17, 15) is 0 Å². The number of nitrogens with zero attached hydrogens (tertiary/aromatic N) is 2. The minimum Gasteiger partial charge on any atom is -0.284 e. The van der Waals surface area contributed by atoms with Crippen LogP contribution in [-0.2, 0) is 0 Å². The molecule has 1 saturated heterocycles. The first kappa shape index (κ1) is 13.7. The van der Waals surface area contributed by atoms with E-state index in [1.807, 2.05) is 0 Å². The summed E-state index contributed by atoms with van der Waals surface area (Å²) < 4.78 is 0. The van der Waals surface area contributed by atoms with Crippen LogP contribution >= 0.6 is 0 Å². The summed E-state index contributed by atoms with van der Waals surface area (Å²) in [7, 11) is 0. The summed E-state index contributed by atoms with van der Waals surface area (Å²) >= 11 is 0. The molecule has 2 nitrogen and oxygen atoms in total. The highest BCUT2D eigenvalue weighted by Gasteiger charge is 2.16. The smallest absolute Gasteiger partial charge is 0.0905 e. The Balaban J connectivity index is 2.19. The van der Waals surface area contributed by atoms with Crippen molar-refractivity contribution in [2.45, 2.75) is 47.0 Å². The summed E-state index contributed by atoms with van der Waals surface area (Å²) in [6.07, 6.45) is 6.22. The average molecular weight is 224 g/mol. The molecule has 94 valence electrons. The van der Waals surface area contributed by atoms with Crippen LogP contribution in [0.15, 0.2) is 4.99 Å². The maximum Gasteiger partial charge on any atom is 0.0905 e. The summed E-state index contributed by atoms with van der Waals surface area (Å²) in [6, 6.07) is 0. The standard InChI is InChI=1S/C14H28N2/c1-5-14-6-8-16(9-7-14)11-15-10-13(4)12(2)3/h10,12-14H,5-9,11H2,1-4H3. The average Bonchev–Trinajstić information content (AvgIpc) is 2.29. The highest BCUT2D eigenvalue weighted by Crippen LogP contribution is 2.19. The van der Waals surface area contributed by atoms with Crippen LogP contribution in [0.3, 0.4) is 0 Å². The van der Waals surface area contributed by atoms with Gasteiger partial charge in [-0.05, 0) is 30.6 Å². The molecule has 16 heavy (non-hydrogen) atoms. The SMILES string of the molecule is CCC1CCN(CN=CC(C)C(C)C)CC1. The lowest BCUT2D eigenvalue weighted by molar-refractivity contribution is 0.187. The first-order chi connectivity index (χ1) is 7.63. The second-order valence-corrected chi connectivity index (χ2v) is 5.55. The summed E-state index contributed by atoms with van der Waals surface area (Å²) in [6.45, 7) is 12.5. The Morgan fingerprint density at radius 1 is 1.25 bits per heavy atom. The lowest BCUT2D eigenvalue weighted by Crippen LogP contribution is -2.33. The molecule has 0 aliphatic carbocycles. The lowest BCUT2D eigenvalue weighted by Gasteiger charge is -2.30. The molecule has 1 heterocycles. The minimum atomic E-state index is 0.605. The minimum absolute atomic E-state index is 0.605. The normalized spacial score (nSPS) is 22.1. The molecule has 0 radical (unpaired) electrons. The van der Waals surface area contributed by atoms with E-state index in [0.29, 0.717) is 11.8 Å². The Morgan fingerprint density at radius 2 is 1.88 bits per heavy atom. The van der Waals surface area contributed by atoms with Gasteiger partial charge in [-0.15, -0.1) is 0 Å². The molecule has 1 rings (SSSR count). The number of hydrogen-bond acceptors (Lipinski definition) is 2. The number of rotatable bonds is 5. The Bertz CT molecular complexity index is 203. The van der Waals surface area contributed by atoms with Crippen molar-refractivity contribution in [3.05, 3.63) is 0 Å². The van der Waals surface area contributed by atoms with Gasteiger partial charge < -0.3 is 0 Å². The molecule has 1 aliphatic heterocycles. The van der Waals surface area contributed by atoms with Crippen molar-refractivity contribution in [1.82, 2.24) is 4.90 Å². The first-order valence-corrected chi connectivity index (χ1v) is 6.85. The molecule has 0 spiro atoms. The van der Waals surface area contributed by atoms with Crippen LogP contribution in [0.5, 0.6) is 0 Å². The van der Waals surface area contributed by atoms with E-state index in [1.54, 1.807) is 0 Å². The number of hydrogen-bond donors (Lipinski definition) is 0. The molecular weight excluding hydrogens is 196 g/mol. The van der Waals surface area contributed by atoms with Crippen molar-refractivity contribution >= 4 is 6.21 Å². The Kier molecular flexibility index (Phi) is 6.04. The molecule has 0 aromatic heterocycles. The maximum atomic E-state index is 4.57. The molecule has 0 N–H and O–H groups in total. The molecule has 0 aromatic rings. The first-order valence-electron chi connectivity index (χ1n) is 6.85. The Morgan fingerprint density at radius 3 is 2.38 bits per heavy atom. The molecule has 0 saturated carbocycles. The van der Waals surface area contributed by atoms with Crippen molar-refractivity contribution in [2.75, 3.05) is 19.8 Å². The third-order valence-electron chi connectivity index (χ3n) is 3.96. The summed E-state index contributed by atoms with van der Waals surface area (Å²) in [5.74, 6) is 2.28. The fourth-order valence-corrected chi connectivity index (χ4v) is 2.04. The van der Waals surface area contributed by atoms with E-state index in [-0.39, 0.29) is 0 Å². The van der Waals surface area contributed by atoms with Gasteiger partial charge in [-0.2, -0.15) is 0 Å². The zero-order valence-corrected chi connectivity index (χ0v) is 11.4. The summed E-state index contributed by atoms with van der Waals surface area (Å²) in [4.78, 5) is 7.05. The number of likely N-dealkylation sites (tertiary alicyclic amines) is 1. The van der Waals surface area contributed by atoms with Crippen LogP contribution in [0.1, 0.15) is 47.0 Å². The predicted octanol–water partition coefficient (Wildman–Crippen LogP) is 3.43. The zero-order chi connectivity index (χ0) is 12.0. The van der Waals surface area contributed by atoms with Gasteiger partial charge in [0.25, 0.3) is 0 Å². The molecule has 0 bridgehead atoms. The van der Waals surface area contributed by atoms with Crippen molar-refractivity contribution < 1.29 is 0 Å². The second kappa shape index (κ2) is 7.05. The van der Waals surface area contributed by atoms with Crippen molar-refractivity contribution in [2.24, 2.45) is 22.7 Å². The van der Waals surface area contributed by atoms with Gasteiger partial charge in [-0.1, -0.05) is 34.1 Å². The van der Waals surface area contributed by atoms with Crippen LogP contribution in [0, 0.1) is 17.8 Å². The van der Waals surface area contributed by atoms with Gasteiger partial charge in [-0.25, -0.2) is 0 Å². The van der Waals surface area contributed by atoms with E-state index >= 15 is 0 Å².